The molecule has 1 rings (SSSR count). The second-order valence-corrected chi connectivity index (χ2v) is 3.58. The summed E-state index contributed by atoms with van der Waals surface area (Å²) in [6.07, 6.45) is 0.961. The minimum Gasteiger partial charge on any atom is -0.382 e. The molecule has 0 amide bonds. The molecular formula is C11H14O2. The van der Waals surface area contributed by atoms with Gasteiger partial charge in [-0.25, -0.2) is 0 Å². The number of aldehydes is 1. The summed E-state index contributed by atoms with van der Waals surface area (Å²) in [5.74, 6) is 0. The molecule has 70 valence electrons. The molecule has 1 unspecified atom stereocenters. The Morgan fingerprint density at radius 3 is 2.62 bits per heavy atom. The molecule has 0 fully saturated rings. The van der Waals surface area contributed by atoms with E-state index in [0.717, 1.165) is 11.1 Å². The lowest BCUT2D eigenvalue weighted by Gasteiger charge is -2.16. The number of aryl methyl sites for hydroxylation is 1. The second kappa shape index (κ2) is 3.71. The fraction of sp³-hybridized carbons (Fsp3) is 0.364. The zero-order chi connectivity index (χ0) is 9.90. The highest BCUT2D eigenvalue weighted by Crippen LogP contribution is 2.14. The smallest absolute Gasteiger partial charge is 0.151 e. The van der Waals surface area contributed by atoms with E-state index in [1.165, 1.54) is 6.92 Å². The van der Waals surface area contributed by atoms with Crippen molar-refractivity contribution in [1.29, 1.82) is 0 Å². The maximum absolute atomic E-state index is 10.5. The fourth-order valence-corrected chi connectivity index (χ4v) is 1.24. The first kappa shape index (κ1) is 9.93. The first-order chi connectivity index (χ1) is 6.05. The maximum Gasteiger partial charge on any atom is 0.151 e. The molecule has 2 nitrogen and oxygen atoms in total. The van der Waals surface area contributed by atoms with E-state index >= 15 is 0 Å². The summed E-state index contributed by atoms with van der Waals surface area (Å²) < 4.78 is 0. The molecule has 0 aromatic heterocycles. The third kappa shape index (κ3) is 2.67. The zero-order valence-electron chi connectivity index (χ0n) is 7.95. The first-order valence-corrected chi connectivity index (χ1v) is 4.28. The van der Waals surface area contributed by atoms with Crippen LogP contribution in [0, 0.1) is 6.92 Å². The SMILES string of the molecule is Cc1ccccc1CC(C)(O)C=O. The van der Waals surface area contributed by atoms with Crippen LogP contribution in [0.5, 0.6) is 0 Å². The van der Waals surface area contributed by atoms with E-state index in [9.17, 15) is 9.90 Å². The summed E-state index contributed by atoms with van der Waals surface area (Å²) in [6.45, 7) is 3.49. The van der Waals surface area contributed by atoms with Gasteiger partial charge in [0.2, 0.25) is 0 Å². The van der Waals surface area contributed by atoms with E-state index in [1.807, 2.05) is 31.2 Å². The molecule has 13 heavy (non-hydrogen) atoms. The van der Waals surface area contributed by atoms with E-state index in [-0.39, 0.29) is 0 Å². The third-order valence-corrected chi connectivity index (χ3v) is 2.06. The molecule has 0 aliphatic carbocycles. The highest BCUT2D eigenvalue weighted by atomic mass is 16.3. The van der Waals surface area contributed by atoms with Crippen LogP contribution in [-0.4, -0.2) is 17.0 Å². The van der Waals surface area contributed by atoms with Crippen LogP contribution in [0.25, 0.3) is 0 Å². The fourth-order valence-electron chi connectivity index (χ4n) is 1.24. The molecule has 0 saturated heterocycles. The van der Waals surface area contributed by atoms with Crippen molar-refractivity contribution >= 4 is 6.29 Å². The number of carbonyl (C=O) groups excluding carboxylic acids is 1. The summed E-state index contributed by atoms with van der Waals surface area (Å²) in [7, 11) is 0. The Hall–Kier alpha value is -1.15. The normalized spacial score (nSPS) is 15.0. The predicted molar refractivity (Wildman–Crippen MR) is 51.6 cm³/mol. The molecule has 1 atom stereocenters. The molecule has 2 heteroatoms. The van der Waals surface area contributed by atoms with Crippen molar-refractivity contribution in [1.82, 2.24) is 0 Å². The van der Waals surface area contributed by atoms with E-state index in [2.05, 4.69) is 0 Å². The van der Waals surface area contributed by atoms with Crippen LogP contribution >= 0.6 is 0 Å². The highest BCUT2D eigenvalue weighted by molar-refractivity contribution is 5.62. The highest BCUT2D eigenvalue weighted by Gasteiger charge is 2.19. The summed E-state index contributed by atoms with van der Waals surface area (Å²) in [5, 5.41) is 9.53. The van der Waals surface area contributed by atoms with Gasteiger partial charge in [-0.3, -0.25) is 0 Å². The predicted octanol–water partition coefficient (Wildman–Crippen LogP) is 1.49. The lowest BCUT2D eigenvalue weighted by Crippen LogP contribution is -2.29. The zero-order valence-corrected chi connectivity index (χ0v) is 7.95. The van der Waals surface area contributed by atoms with Gasteiger partial charge in [-0.05, 0) is 25.0 Å². The number of hydrogen-bond acceptors (Lipinski definition) is 2. The van der Waals surface area contributed by atoms with Crippen LogP contribution in [-0.2, 0) is 11.2 Å². The molecule has 0 heterocycles. The summed E-state index contributed by atoms with van der Waals surface area (Å²) in [6, 6.07) is 7.74. The lowest BCUT2D eigenvalue weighted by atomic mass is 9.95. The Bertz CT molecular complexity index is 303. The van der Waals surface area contributed by atoms with Crippen molar-refractivity contribution in [3.05, 3.63) is 35.4 Å². The van der Waals surface area contributed by atoms with Crippen LogP contribution in [0.1, 0.15) is 18.1 Å². The number of aliphatic hydroxyl groups is 1. The quantitative estimate of drug-likeness (QED) is 0.712. The Kier molecular flexibility index (Phi) is 2.83. The van der Waals surface area contributed by atoms with Gasteiger partial charge in [0.1, 0.15) is 5.60 Å². The lowest BCUT2D eigenvalue weighted by molar-refractivity contribution is -0.122. The molecule has 0 spiro atoms. The number of hydrogen-bond donors (Lipinski definition) is 1. The van der Waals surface area contributed by atoms with Crippen molar-refractivity contribution in [2.45, 2.75) is 25.9 Å². The summed E-state index contributed by atoms with van der Waals surface area (Å²) in [4.78, 5) is 10.5. The van der Waals surface area contributed by atoms with E-state index in [0.29, 0.717) is 12.7 Å². The molecule has 1 N–H and O–H groups in total. The molecular weight excluding hydrogens is 164 g/mol. The molecule has 1 aromatic rings. The Labute approximate surface area is 78.2 Å². The van der Waals surface area contributed by atoms with Gasteiger partial charge in [-0.1, -0.05) is 24.3 Å². The van der Waals surface area contributed by atoms with Gasteiger partial charge in [-0.2, -0.15) is 0 Å². The summed E-state index contributed by atoms with van der Waals surface area (Å²) >= 11 is 0. The maximum atomic E-state index is 10.5. The van der Waals surface area contributed by atoms with Gasteiger partial charge in [0, 0.05) is 6.42 Å². The average Bonchev–Trinajstić information content (AvgIpc) is 2.09. The van der Waals surface area contributed by atoms with Crippen LogP contribution < -0.4 is 0 Å². The standard InChI is InChI=1S/C11H14O2/c1-9-5-3-4-6-10(9)7-11(2,13)8-12/h3-6,8,13H,7H2,1-2H3. The van der Waals surface area contributed by atoms with Gasteiger partial charge in [-0.15, -0.1) is 0 Å². The van der Waals surface area contributed by atoms with Crippen molar-refractivity contribution in [2.24, 2.45) is 0 Å². The Balaban J connectivity index is 2.86. The van der Waals surface area contributed by atoms with Gasteiger partial charge < -0.3 is 9.90 Å². The Morgan fingerprint density at radius 2 is 2.08 bits per heavy atom. The first-order valence-electron chi connectivity index (χ1n) is 4.28. The van der Waals surface area contributed by atoms with Gasteiger partial charge in [0.25, 0.3) is 0 Å². The molecule has 0 saturated carbocycles. The van der Waals surface area contributed by atoms with E-state index in [1.54, 1.807) is 0 Å². The van der Waals surface area contributed by atoms with Crippen molar-refractivity contribution in [2.75, 3.05) is 0 Å². The van der Waals surface area contributed by atoms with Crippen LogP contribution in [0.15, 0.2) is 24.3 Å². The van der Waals surface area contributed by atoms with Crippen molar-refractivity contribution < 1.29 is 9.90 Å². The van der Waals surface area contributed by atoms with E-state index in [4.69, 9.17) is 0 Å². The van der Waals surface area contributed by atoms with Crippen LogP contribution in [0.2, 0.25) is 0 Å². The number of carbonyl (C=O) groups is 1. The summed E-state index contributed by atoms with van der Waals surface area (Å²) in [5.41, 5.74) is 0.871. The molecule has 0 aliphatic rings. The minimum absolute atomic E-state index is 0.378. The van der Waals surface area contributed by atoms with Crippen molar-refractivity contribution in [3.63, 3.8) is 0 Å². The number of rotatable bonds is 3. The molecule has 0 aliphatic heterocycles. The molecule has 0 bridgehead atoms. The largest absolute Gasteiger partial charge is 0.382 e. The van der Waals surface area contributed by atoms with Gasteiger partial charge in [0.15, 0.2) is 6.29 Å². The number of benzene rings is 1. The monoisotopic (exact) mass is 178 g/mol. The van der Waals surface area contributed by atoms with Crippen LogP contribution in [0.4, 0.5) is 0 Å². The average molecular weight is 178 g/mol. The topological polar surface area (TPSA) is 37.3 Å². The molecule has 0 radical (unpaired) electrons. The third-order valence-electron chi connectivity index (χ3n) is 2.06. The Morgan fingerprint density at radius 1 is 1.46 bits per heavy atom. The second-order valence-electron chi connectivity index (χ2n) is 3.58. The minimum atomic E-state index is -1.24. The van der Waals surface area contributed by atoms with E-state index < -0.39 is 5.60 Å². The van der Waals surface area contributed by atoms with Crippen LogP contribution in [0.3, 0.4) is 0 Å². The van der Waals surface area contributed by atoms with Gasteiger partial charge >= 0.3 is 0 Å². The van der Waals surface area contributed by atoms with Crippen molar-refractivity contribution in [3.8, 4) is 0 Å². The van der Waals surface area contributed by atoms with Gasteiger partial charge in [0.05, 0.1) is 0 Å². The molecule has 1 aromatic carbocycles.